The van der Waals surface area contributed by atoms with Crippen molar-refractivity contribution in [1.82, 2.24) is 9.88 Å². The summed E-state index contributed by atoms with van der Waals surface area (Å²) in [4.78, 5) is 6.41. The Balaban J connectivity index is 2.52. The summed E-state index contributed by atoms with van der Waals surface area (Å²) in [6.07, 6.45) is 4.76. The molecule has 0 fully saturated rings. The largest absolute Gasteiger partial charge is 0.330 e. The van der Waals surface area contributed by atoms with E-state index in [1.807, 2.05) is 12.3 Å². The molecule has 14 heavy (non-hydrogen) atoms. The first-order valence-electron chi connectivity index (χ1n) is 5.06. The Morgan fingerprint density at radius 2 is 2.36 bits per heavy atom. The van der Waals surface area contributed by atoms with Gasteiger partial charge in [0.15, 0.2) is 0 Å². The molecule has 1 atom stereocenters. The van der Waals surface area contributed by atoms with E-state index in [2.05, 4.69) is 29.9 Å². The molecule has 2 N–H and O–H groups in total. The van der Waals surface area contributed by atoms with Gasteiger partial charge in [0.2, 0.25) is 0 Å². The van der Waals surface area contributed by atoms with Gasteiger partial charge in [-0.1, -0.05) is 6.07 Å². The van der Waals surface area contributed by atoms with Crippen LogP contribution in [0.25, 0.3) is 0 Å². The lowest BCUT2D eigenvalue weighted by Crippen LogP contribution is -2.25. The van der Waals surface area contributed by atoms with Crippen molar-refractivity contribution < 1.29 is 0 Å². The topological polar surface area (TPSA) is 42.2 Å². The first-order chi connectivity index (χ1) is 6.75. The summed E-state index contributed by atoms with van der Waals surface area (Å²) in [7, 11) is 2.12. The number of nitrogens with zero attached hydrogens (tertiary/aromatic N) is 2. The molecule has 1 unspecified atom stereocenters. The van der Waals surface area contributed by atoms with E-state index in [4.69, 9.17) is 5.73 Å². The third kappa shape index (κ3) is 3.09. The second-order valence-corrected chi connectivity index (χ2v) is 3.59. The zero-order valence-corrected chi connectivity index (χ0v) is 8.98. The van der Waals surface area contributed by atoms with Crippen molar-refractivity contribution in [2.75, 3.05) is 20.1 Å². The average Bonchev–Trinajstić information content (AvgIpc) is 2.26. The molecule has 0 aromatic carbocycles. The molecule has 3 nitrogen and oxygen atoms in total. The molecular weight excluding hydrogens is 174 g/mol. The Bertz CT molecular complexity index is 248. The molecule has 0 aliphatic carbocycles. The fourth-order valence-corrected chi connectivity index (χ4v) is 1.41. The minimum absolute atomic E-state index is 0.412. The fraction of sp³-hybridized carbons (Fsp3) is 0.545. The minimum atomic E-state index is 0.412. The molecule has 1 aromatic rings. The molecule has 1 rings (SSSR count). The normalized spacial score (nSPS) is 13.1. The molecule has 0 saturated heterocycles. The molecule has 78 valence electrons. The number of nitrogens with two attached hydrogens (primary N) is 1. The summed E-state index contributed by atoms with van der Waals surface area (Å²) < 4.78 is 0. The predicted molar refractivity (Wildman–Crippen MR) is 59.0 cm³/mol. The summed E-state index contributed by atoms with van der Waals surface area (Å²) in [5.41, 5.74) is 6.73. The van der Waals surface area contributed by atoms with Crippen LogP contribution in [0.2, 0.25) is 0 Å². The van der Waals surface area contributed by atoms with Gasteiger partial charge in [0.25, 0.3) is 0 Å². The van der Waals surface area contributed by atoms with E-state index in [-0.39, 0.29) is 0 Å². The van der Waals surface area contributed by atoms with Gasteiger partial charge in [0.05, 0.1) is 0 Å². The lowest BCUT2D eigenvalue weighted by atomic mass is 10.1. The monoisotopic (exact) mass is 193 g/mol. The number of hydrogen-bond donors (Lipinski definition) is 1. The number of hydrogen-bond acceptors (Lipinski definition) is 3. The zero-order chi connectivity index (χ0) is 10.4. The maximum absolute atomic E-state index is 5.48. The summed E-state index contributed by atoms with van der Waals surface area (Å²) in [6.45, 7) is 3.98. The van der Waals surface area contributed by atoms with Crippen LogP contribution in [-0.2, 0) is 0 Å². The van der Waals surface area contributed by atoms with Crippen molar-refractivity contribution in [3.63, 3.8) is 0 Å². The van der Waals surface area contributed by atoms with Gasteiger partial charge >= 0.3 is 0 Å². The lowest BCUT2D eigenvalue weighted by Gasteiger charge is -2.24. The second kappa shape index (κ2) is 5.73. The molecule has 0 radical (unpaired) electrons. The van der Waals surface area contributed by atoms with E-state index in [0.29, 0.717) is 6.04 Å². The molecule has 0 aliphatic heterocycles. The third-order valence-corrected chi connectivity index (χ3v) is 2.54. The second-order valence-electron chi connectivity index (χ2n) is 3.59. The minimum Gasteiger partial charge on any atom is -0.330 e. The van der Waals surface area contributed by atoms with Crippen LogP contribution in [0.4, 0.5) is 0 Å². The Hall–Kier alpha value is -0.930. The van der Waals surface area contributed by atoms with Gasteiger partial charge in [-0.25, -0.2) is 0 Å². The summed E-state index contributed by atoms with van der Waals surface area (Å²) in [5.74, 6) is 0. The molecule has 1 heterocycles. The standard InChI is InChI=1S/C11H19N3/c1-10(14(2)8-4-6-12)11-5-3-7-13-9-11/h3,5,7,9-10H,4,6,8,12H2,1-2H3. The van der Waals surface area contributed by atoms with Crippen LogP contribution >= 0.6 is 0 Å². The maximum Gasteiger partial charge on any atom is 0.0332 e. The van der Waals surface area contributed by atoms with Crippen molar-refractivity contribution in [1.29, 1.82) is 0 Å². The highest BCUT2D eigenvalue weighted by molar-refractivity contribution is 5.12. The van der Waals surface area contributed by atoms with E-state index < -0.39 is 0 Å². The number of rotatable bonds is 5. The van der Waals surface area contributed by atoms with E-state index in [0.717, 1.165) is 19.5 Å². The van der Waals surface area contributed by atoms with Crippen LogP contribution in [0, 0.1) is 0 Å². The van der Waals surface area contributed by atoms with Gasteiger partial charge < -0.3 is 5.73 Å². The van der Waals surface area contributed by atoms with E-state index in [1.54, 1.807) is 6.20 Å². The van der Waals surface area contributed by atoms with E-state index in [9.17, 15) is 0 Å². The first-order valence-corrected chi connectivity index (χ1v) is 5.06. The smallest absolute Gasteiger partial charge is 0.0332 e. The van der Waals surface area contributed by atoms with E-state index in [1.165, 1.54) is 5.56 Å². The molecule has 0 saturated carbocycles. The molecule has 0 amide bonds. The SMILES string of the molecule is CC(c1cccnc1)N(C)CCCN. The molecule has 0 spiro atoms. The highest BCUT2D eigenvalue weighted by Crippen LogP contribution is 2.16. The van der Waals surface area contributed by atoms with Crippen molar-refractivity contribution in [3.05, 3.63) is 30.1 Å². The Labute approximate surface area is 85.9 Å². The van der Waals surface area contributed by atoms with Crippen LogP contribution in [0.3, 0.4) is 0 Å². The van der Waals surface area contributed by atoms with Gasteiger partial charge in [-0.15, -0.1) is 0 Å². The van der Waals surface area contributed by atoms with E-state index >= 15 is 0 Å². The van der Waals surface area contributed by atoms with Crippen LogP contribution < -0.4 is 5.73 Å². The van der Waals surface area contributed by atoms with Crippen LogP contribution in [0.5, 0.6) is 0 Å². The van der Waals surface area contributed by atoms with Gasteiger partial charge in [0.1, 0.15) is 0 Å². The molecule has 1 aromatic heterocycles. The van der Waals surface area contributed by atoms with Crippen molar-refractivity contribution in [3.8, 4) is 0 Å². The highest BCUT2D eigenvalue weighted by Gasteiger charge is 2.10. The highest BCUT2D eigenvalue weighted by atomic mass is 15.1. The zero-order valence-electron chi connectivity index (χ0n) is 8.98. The predicted octanol–water partition coefficient (Wildman–Crippen LogP) is 1.42. The van der Waals surface area contributed by atoms with Crippen molar-refractivity contribution in [2.45, 2.75) is 19.4 Å². The lowest BCUT2D eigenvalue weighted by molar-refractivity contribution is 0.259. The van der Waals surface area contributed by atoms with Crippen LogP contribution in [0.15, 0.2) is 24.5 Å². The summed E-state index contributed by atoms with van der Waals surface area (Å²) >= 11 is 0. The Kier molecular flexibility index (Phi) is 4.56. The Morgan fingerprint density at radius 3 is 2.93 bits per heavy atom. The number of pyridine rings is 1. The van der Waals surface area contributed by atoms with Gasteiger partial charge in [0, 0.05) is 18.4 Å². The quantitative estimate of drug-likeness (QED) is 0.769. The third-order valence-electron chi connectivity index (χ3n) is 2.54. The van der Waals surface area contributed by atoms with Crippen molar-refractivity contribution in [2.24, 2.45) is 5.73 Å². The summed E-state index contributed by atoms with van der Waals surface area (Å²) in [5, 5.41) is 0. The molecule has 3 heteroatoms. The first kappa shape index (κ1) is 11.1. The molecule has 0 bridgehead atoms. The van der Waals surface area contributed by atoms with Crippen LogP contribution in [-0.4, -0.2) is 30.0 Å². The van der Waals surface area contributed by atoms with Crippen LogP contribution in [0.1, 0.15) is 24.9 Å². The molecular formula is C11H19N3. The summed E-state index contributed by atoms with van der Waals surface area (Å²) in [6, 6.07) is 4.49. The average molecular weight is 193 g/mol. The van der Waals surface area contributed by atoms with Gasteiger partial charge in [-0.2, -0.15) is 0 Å². The van der Waals surface area contributed by atoms with Gasteiger partial charge in [-0.05, 0) is 45.1 Å². The van der Waals surface area contributed by atoms with Gasteiger partial charge in [-0.3, -0.25) is 9.88 Å². The fourth-order valence-electron chi connectivity index (χ4n) is 1.41. The maximum atomic E-state index is 5.48. The van der Waals surface area contributed by atoms with Crippen molar-refractivity contribution >= 4 is 0 Å². The number of aromatic nitrogens is 1. The molecule has 0 aliphatic rings. The Morgan fingerprint density at radius 1 is 1.57 bits per heavy atom.